The van der Waals surface area contributed by atoms with Gasteiger partial charge in [0.2, 0.25) is 0 Å². The maximum Gasteiger partial charge on any atom is 0.285 e. The van der Waals surface area contributed by atoms with Crippen LogP contribution < -0.4 is 5.43 Å². The van der Waals surface area contributed by atoms with Gasteiger partial charge in [-0.25, -0.2) is 0 Å². The van der Waals surface area contributed by atoms with Crippen molar-refractivity contribution in [3.05, 3.63) is 71.2 Å². The molecule has 0 aliphatic carbocycles. The number of amides is 2. The molecule has 1 aliphatic heterocycles. The molecular formula is C18H11N5O2S2. The van der Waals surface area contributed by atoms with Gasteiger partial charge in [-0.3, -0.25) is 30.0 Å². The number of nitrogens with zero attached hydrogens (tertiary/aromatic N) is 4. The minimum Gasteiger partial charge on any atom is -0.267 e. The fourth-order valence-corrected chi connectivity index (χ4v) is 3.63. The molecule has 0 radical (unpaired) electrons. The van der Waals surface area contributed by atoms with Crippen molar-refractivity contribution in [3.63, 3.8) is 0 Å². The number of fused-ring (bicyclic) bond motifs is 1. The molecule has 9 heteroatoms. The molecule has 27 heavy (non-hydrogen) atoms. The number of thioether (sulfide) groups is 1. The van der Waals surface area contributed by atoms with Gasteiger partial charge in [0.1, 0.15) is 0 Å². The smallest absolute Gasteiger partial charge is 0.267 e. The molecule has 4 rings (SSSR count). The topological polar surface area (TPSA) is 88.1 Å². The van der Waals surface area contributed by atoms with E-state index >= 15 is 0 Å². The highest BCUT2D eigenvalue weighted by molar-refractivity contribution is 8.26. The van der Waals surface area contributed by atoms with E-state index in [1.54, 1.807) is 30.6 Å². The van der Waals surface area contributed by atoms with Gasteiger partial charge in [0.25, 0.3) is 11.8 Å². The Morgan fingerprint density at radius 1 is 1.07 bits per heavy atom. The number of aromatic nitrogens is 3. The Hall–Kier alpha value is -3.17. The molecule has 3 heterocycles. The Bertz CT molecular complexity index is 1100. The first-order valence-electron chi connectivity index (χ1n) is 7.81. The number of thiocarbonyl (C=S) groups is 1. The summed E-state index contributed by atoms with van der Waals surface area (Å²) in [4.78, 5) is 37.7. The van der Waals surface area contributed by atoms with E-state index in [2.05, 4.69) is 20.4 Å². The Balaban J connectivity index is 1.56. The number of hydrogen-bond acceptors (Lipinski definition) is 7. The largest absolute Gasteiger partial charge is 0.285 e. The third kappa shape index (κ3) is 3.55. The van der Waals surface area contributed by atoms with Crippen molar-refractivity contribution in [3.8, 4) is 0 Å². The molecule has 2 aromatic heterocycles. The molecular weight excluding hydrogens is 382 g/mol. The summed E-state index contributed by atoms with van der Waals surface area (Å²) in [6.45, 7) is 0. The fraction of sp³-hybridized carbons (Fsp3) is 0. The molecule has 3 aromatic rings. The Morgan fingerprint density at radius 2 is 1.81 bits per heavy atom. The summed E-state index contributed by atoms with van der Waals surface area (Å²) < 4.78 is 0.259. The van der Waals surface area contributed by atoms with Crippen LogP contribution >= 0.6 is 24.0 Å². The Labute approximate surface area is 163 Å². The predicted octanol–water partition coefficient (Wildman–Crippen LogP) is 2.57. The van der Waals surface area contributed by atoms with Crippen LogP contribution in [0.5, 0.6) is 0 Å². The molecule has 1 aliphatic rings. The first kappa shape index (κ1) is 17.3. The van der Waals surface area contributed by atoms with Gasteiger partial charge in [-0.15, -0.1) is 0 Å². The zero-order valence-corrected chi connectivity index (χ0v) is 15.3. The predicted molar refractivity (Wildman–Crippen MR) is 106 cm³/mol. The minimum absolute atomic E-state index is 0.259. The van der Waals surface area contributed by atoms with E-state index in [1.165, 1.54) is 12.4 Å². The molecule has 132 valence electrons. The average molecular weight is 393 g/mol. The lowest BCUT2D eigenvalue weighted by atomic mass is 10.2. The molecule has 0 atom stereocenters. The zero-order valence-electron chi connectivity index (χ0n) is 13.7. The average Bonchev–Trinajstić information content (AvgIpc) is 2.96. The van der Waals surface area contributed by atoms with Crippen LogP contribution in [0.15, 0.2) is 60.0 Å². The number of pyridine rings is 1. The van der Waals surface area contributed by atoms with Crippen LogP contribution in [-0.2, 0) is 4.79 Å². The van der Waals surface area contributed by atoms with E-state index in [0.717, 1.165) is 33.4 Å². The number of benzene rings is 1. The molecule has 0 spiro atoms. The van der Waals surface area contributed by atoms with Gasteiger partial charge in [-0.2, -0.15) is 5.01 Å². The van der Waals surface area contributed by atoms with E-state index < -0.39 is 5.91 Å². The first-order valence-corrected chi connectivity index (χ1v) is 9.04. The zero-order chi connectivity index (χ0) is 18.8. The molecule has 0 unspecified atom stereocenters. The molecule has 0 saturated carbocycles. The third-order valence-corrected chi connectivity index (χ3v) is 5.04. The van der Waals surface area contributed by atoms with Gasteiger partial charge in [0, 0.05) is 30.4 Å². The van der Waals surface area contributed by atoms with Gasteiger partial charge in [0.15, 0.2) is 4.32 Å². The second-order valence-corrected chi connectivity index (χ2v) is 7.17. The van der Waals surface area contributed by atoms with E-state index in [-0.39, 0.29) is 10.2 Å². The number of carbonyl (C=O) groups is 2. The van der Waals surface area contributed by atoms with E-state index in [1.807, 2.05) is 18.2 Å². The lowest BCUT2D eigenvalue weighted by Crippen LogP contribution is -2.44. The van der Waals surface area contributed by atoms with Crippen molar-refractivity contribution < 1.29 is 9.59 Å². The number of hydrazine groups is 1. The molecule has 0 bridgehead atoms. The summed E-state index contributed by atoms with van der Waals surface area (Å²) in [6.07, 6.45) is 7.95. The van der Waals surface area contributed by atoms with Crippen molar-refractivity contribution in [2.75, 3.05) is 0 Å². The normalized spacial score (nSPS) is 15.6. The highest BCUT2D eigenvalue weighted by atomic mass is 32.2. The lowest BCUT2D eigenvalue weighted by molar-refractivity contribution is -0.123. The van der Waals surface area contributed by atoms with Crippen molar-refractivity contribution in [1.82, 2.24) is 25.4 Å². The number of rotatable bonds is 3. The second kappa shape index (κ2) is 7.22. The Morgan fingerprint density at radius 3 is 2.59 bits per heavy atom. The summed E-state index contributed by atoms with van der Waals surface area (Å²) in [6, 6.07) is 8.63. The van der Waals surface area contributed by atoms with Crippen LogP contribution in [0.25, 0.3) is 17.1 Å². The number of nitrogens with one attached hydrogen (secondary N) is 1. The lowest BCUT2D eigenvalue weighted by Gasteiger charge is -2.15. The van der Waals surface area contributed by atoms with Crippen molar-refractivity contribution in [2.45, 2.75) is 0 Å². The van der Waals surface area contributed by atoms with E-state index in [0.29, 0.717) is 10.5 Å². The maximum absolute atomic E-state index is 12.6. The van der Waals surface area contributed by atoms with Crippen LogP contribution in [0.3, 0.4) is 0 Å². The monoisotopic (exact) mass is 393 g/mol. The number of hydrogen-bond donors (Lipinski definition) is 1. The third-order valence-electron chi connectivity index (χ3n) is 3.74. The van der Waals surface area contributed by atoms with E-state index in [4.69, 9.17) is 12.2 Å². The second-order valence-electron chi connectivity index (χ2n) is 5.50. The van der Waals surface area contributed by atoms with Crippen LogP contribution in [0, 0.1) is 0 Å². The van der Waals surface area contributed by atoms with Crippen molar-refractivity contribution in [2.24, 2.45) is 0 Å². The minimum atomic E-state index is -0.434. The molecule has 7 nitrogen and oxygen atoms in total. The molecule has 1 saturated heterocycles. The van der Waals surface area contributed by atoms with Crippen molar-refractivity contribution in [1.29, 1.82) is 0 Å². The van der Waals surface area contributed by atoms with Gasteiger partial charge in [0.05, 0.1) is 15.9 Å². The molecule has 1 aromatic carbocycles. The SMILES string of the molecule is O=C(NN1C(=O)/C(=C\c2ccc3nccnc3c2)SC1=S)c1ccncc1. The number of carbonyl (C=O) groups excluding carboxylic acids is 2. The molecule has 1 fully saturated rings. The summed E-state index contributed by atoms with van der Waals surface area (Å²) in [5, 5.41) is 1.08. The summed E-state index contributed by atoms with van der Waals surface area (Å²) >= 11 is 6.36. The fourth-order valence-electron chi connectivity index (χ4n) is 2.45. The van der Waals surface area contributed by atoms with Crippen LogP contribution in [0.1, 0.15) is 15.9 Å². The maximum atomic E-state index is 12.6. The van der Waals surface area contributed by atoms with Crippen LogP contribution in [-0.4, -0.2) is 36.1 Å². The quantitative estimate of drug-likeness (QED) is 0.540. The molecule has 1 N–H and O–H groups in total. The molecule has 2 amide bonds. The van der Waals surface area contributed by atoms with Crippen molar-refractivity contribution >= 4 is 57.2 Å². The van der Waals surface area contributed by atoms with Crippen LogP contribution in [0.2, 0.25) is 0 Å². The first-order chi connectivity index (χ1) is 13.1. The summed E-state index contributed by atoms with van der Waals surface area (Å²) in [5.74, 6) is -0.817. The van der Waals surface area contributed by atoms with Gasteiger partial charge < -0.3 is 0 Å². The Kier molecular flexibility index (Phi) is 4.61. The van der Waals surface area contributed by atoms with Gasteiger partial charge >= 0.3 is 0 Å². The highest BCUT2D eigenvalue weighted by Gasteiger charge is 2.33. The van der Waals surface area contributed by atoms with E-state index in [9.17, 15) is 9.59 Å². The van der Waals surface area contributed by atoms with Crippen LogP contribution in [0.4, 0.5) is 0 Å². The van der Waals surface area contributed by atoms with Gasteiger partial charge in [-0.1, -0.05) is 17.8 Å². The summed E-state index contributed by atoms with van der Waals surface area (Å²) in [7, 11) is 0. The summed E-state index contributed by atoms with van der Waals surface area (Å²) in [5.41, 5.74) is 5.21. The standard InChI is InChI=1S/C18H11N5O2S2/c24-16(12-3-5-19-6-4-12)22-23-17(25)15(27-18(23)26)10-11-1-2-13-14(9-11)21-8-7-20-13/h1-10H,(H,22,24)/b15-10+. The highest BCUT2D eigenvalue weighted by Crippen LogP contribution is 2.31. The van der Waals surface area contributed by atoms with Gasteiger partial charge in [-0.05, 0) is 48.1 Å².